The van der Waals surface area contributed by atoms with Crippen LogP contribution in [0, 0.1) is 5.92 Å². The molecule has 1 aliphatic carbocycles. The molecule has 4 heteroatoms. The number of aryl methyl sites for hydroxylation is 1. The maximum absolute atomic E-state index is 5.92. The molecule has 2 rings (SSSR count). The molecule has 0 saturated heterocycles. The molecule has 0 bridgehead atoms. The van der Waals surface area contributed by atoms with Crippen LogP contribution in [-0.4, -0.2) is 34.1 Å². The molecule has 102 valence electrons. The number of hydrogen-bond donors (Lipinski definition) is 1. The van der Waals surface area contributed by atoms with Crippen LogP contribution in [0.3, 0.4) is 0 Å². The van der Waals surface area contributed by atoms with Crippen LogP contribution in [0.4, 0.5) is 0 Å². The van der Waals surface area contributed by atoms with E-state index < -0.39 is 0 Å². The summed E-state index contributed by atoms with van der Waals surface area (Å²) in [5.74, 6) is 0.668. The first kappa shape index (κ1) is 13.6. The first-order valence-electron chi connectivity index (χ1n) is 7.15. The molecule has 18 heavy (non-hydrogen) atoms. The lowest BCUT2D eigenvalue weighted by Crippen LogP contribution is -2.42. The van der Waals surface area contributed by atoms with Crippen molar-refractivity contribution < 1.29 is 0 Å². The Balaban J connectivity index is 1.99. The molecule has 2 N–H and O–H groups in total. The predicted molar refractivity (Wildman–Crippen MR) is 74.2 cm³/mol. The summed E-state index contributed by atoms with van der Waals surface area (Å²) in [7, 11) is 2.23. The van der Waals surface area contributed by atoms with Gasteiger partial charge in [-0.15, -0.1) is 0 Å². The maximum atomic E-state index is 5.92. The zero-order chi connectivity index (χ0) is 13.0. The van der Waals surface area contributed by atoms with E-state index in [1.165, 1.54) is 31.4 Å². The number of rotatable bonds is 5. The van der Waals surface area contributed by atoms with Gasteiger partial charge in [0.05, 0.1) is 12.0 Å². The largest absolute Gasteiger partial charge is 0.334 e. The van der Waals surface area contributed by atoms with Crippen LogP contribution in [0.15, 0.2) is 12.5 Å². The van der Waals surface area contributed by atoms with Gasteiger partial charge < -0.3 is 10.3 Å². The lowest BCUT2D eigenvalue weighted by molar-refractivity contribution is 0.125. The molecule has 0 amide bonds. The quantitative estimate of drug-likeness (QED) is 0.867. The summed E-state index contributed by atoms with van der Waals surface area (Å²) < 4.78 is 2.22. The molecule has 1 saturated carbocycles. The van der Waals surface area contributed by atoms with Crippen molar-refractivity contribution in [2.45, 2.75) is 51.7 Å². The van der Waals surface area contributed by atoms with Crippen molar-refractivity contribution >= 4 is 0 Å². The Morgan fingerprint density at radius 2 is 2.22 bits per heavy atom. The third kappa shape index (κ3) is 2.93. The van der Waals surface area contributed by atoms with Crippen LogP contribution < -0.4 is 5.73 Å². The molecule has 1 aliphatic rings. The molecule has 4 nitrogen and oxygen atoms in total. The zero-order valence-electron chi connectivity index (χ0n) is 11.7. The highest BCUT2D eigenvalue weighted by atomic mass is 15.2. The number of hydrogen-bond acceptors (Lipinski definition) is 3. The van der Waals surface area contributed by atoms with Gasteiger partial charge in [-0.1, -0.05) is 12.8 Å². The van der Waals surface area contributed by atoms with Crippen molar-refractivity contribution in [3.63, 3.8) is 0 Å². The molecule has 1 fully saturated rings. The number of imidazole rings is 1. The second-order valence-electron chi connectivity index (χ2n) is 5.43. The van der Waals surface area contributed by atoms with Gasteiger partial charge in [-0.25, -0.2) is 4.98 Å². The zero-order valence-corrected chi connectivity index (χ0v) is 11.7. The highest BCUT2D eigenvalue weighted by Crippen LogP contribution is 2.27. The van der Waals surface area contributed by atoms with Crippen molar-refractivity contribution in [1.82, 2.24) is 14.5 Å². The molecule has 0 radical (unpaired) electrons. The molecule has 2 unspecified atom stereocenters. The van der Waals surface area contributed by atoms with E-state index in [2.05, 4.69) is 28.4 Å². The van der Waals surface area contributed by atoms with Gasteiger partial charge in [0.2, 0.25) is 0 Å². The molecule has 0 aliphatic heterocycles. The summed E-state index contributed by atoms with van der Waals surface area (Å²) in [6, 6.07) is 0.643. The lowest BCUT2D eigenvalue weighted by atomic mass is 9.83. The van der Waals surface area contributed by atoms with Crippen LogP contribution in [0.5, 0.6) is 0 Å². The minimum absolute atomic E-state index is 0.643. The van der Waals surface area contributed by atoms with E-state index in [0.29, 0.717) is 12.0 Å². The summed E-state index contributed by atoms with van der Waals surface area (Å²) in [6.07, 6.45) is 9.18. The molecule has 1 aromatic rings. The standard InChI is InChI=1S/C14H26N4/c1-3-18-11-16-9-13(18)10-17(2)14-7-5-4-6-12(14)8-15/h9,11-12,14H,3-8,10,15H2,1-2H3. The minimum Gasteiger partial charge on any atom is -0.334 e. The van der Waals surface area contributed by atoms with Crippen LogP contribution in [0.1, 0.15) is 38.3 Å². The Morgan fingerprint density at radius 1 is 1.44 bits per heavy atom. The van der Waals surface area contributed by atoms with Crippen molar-refractivity contribution in [2.24, 2.45) is 11.7 Å². The molecule has 1 aromatic heterocycles. The normalized spacial score (nSPS) is 24.7. The molecular formula is C14H26N4. The summed E-state index contributed by atoms with van der Waals surface area (Å²) in [6.45, 7) is 4.96. The second-order valence-corrected chi connectivity index (χ2v) is 5.43. The Hall–Kier alpha value is -0.870. The topological polar surface area (TPSA) is 47.1 Å². The smallest absolute Gasteiger partial charge is 0.0948 e. The average molecular weight is 250 g/mol. The van der Waals surface area contributed by atoms with Crippen LogP contribution in [0.2, 0.25) is 0 Å². The van der Waals surface area contributed by atoms with E-state index in [1.54, 1.807) is 0 Å². The summed E-state index contributed by atoms with van der Waals surface area (Å²) in [5, 5.41) is 0. The van der Waals surface area contributed by atoms with Gasteiger partial charge in [0.25, 0.3) is 0 Å². The first-order chi connectivity index (χ1) is 8.76. The van der Waals surface area contributed by atoms with Crippen molar-refractivity contribution in [1.29, 1.82) is 0 Å². The minimum atomic E-state index is 0.643. The Bertz CT molecular complexity index is 360. The number of aromatic nitrogens is 2. The van der Waals surface area contributed by atoms with Gasteiger partial charge >= 0.3 is 0 Å². The van der Waals surface area contributed by atoms with E-state index in [9.17, 15) is 0 Å². The monoisotopic (exact) mass is 250 g/mol. The van der Waals surface area contributed by atoms with Gasteiger partial charge in [-0.2, -0.15) is 0 Å². The van der Waals surface area contributed by atoms with E-state index in [1.807, 2.05) is 12.5 Å². The van der Waals surface area contributed by atoms with Crippen molar-refractivity contribution in [3.8, 4) is 0 Å². The number of nitrogens with two attached hydrogens (primary N) is 1. The third-order valence-corrected chi connectivity index (χ3v) is 4.29. The van der Waals surface area contributed by atoms with Gasteiger partial charge in [0.1, 0.15) is 0 Å². The maximum Gasteiger partial charge on any atom is 0.0948 e. The fraction of sp³-hybridized carbons (Fsp3) is 0.786. The molecule has 2 atom stereocenters. The molecule has 0 spiro atoms. The summed E-state index contributed by atoms with van der Waals surface area (Å²) in [5.41, 5.74) is 7.22. The van der Waals surface area contributed by atoms with Crippen LogP contribution >= 0.6 is 0 Å². The van der Waals surface area contributed by atoms with E-state index >= 15 is 0 Å². The van der Waals surface area contributed by atoms with Gasteiger partial charge in [-0.05, 0) is 39.3 Å². The third-order valence-electron chi connectivity index (χ3n) is 4.29. The molecule has 1 heterocycles. The molecule has 0 aromatic carbocycles. The van der Waals surface area contributed by atoms with Crippen LogP contribution in [0.25, 0.3) is 0 Å². The fourth-order valence-electron chi connectivity index (χ4n) is 3.18. The predicted octanol–water partition coefficient (Wildman–Crippen LogP) is 1.85. The lowest BCUT2D eigenvalue weighted by Gasteiger charge is -2.37. The average Bonchev–Trinajstić information content (AvgIpc) is 2.85. The Labute approximate surface area is 110 Å². The highest BCUT2D eigenvalue weighted by molar-refractivity contribution is 4.99. The van der Waals surface area contributed by atoms with Crippen LogP contribution in [-0.2, 0) is 13.1 Å². The van der Waals surface area contributed by atoms with Crippen molar-refractivity contribution in [3.05, 3.63) is 18.2 Å². The number of nitrogens with zero attached hydrogens (tertiary/aromatic N) is 3. The second kappa shape index (κ2) is 6.34. The van der Waals surface area contributed by atoms with E-state index in [0.717, 1.165) is 19.6 Å². The summed E-state index contributed by atoms with van der Waals surface area (Å²) >= 11 is 0. The molecular weight excluding hydrogens is 224 g/mol. The van der Waals surface area contributed by atoms with Gasteiger partial charge in [-0.3, -0.25) is 4.90 Å². The van der Waals surface area contributed by atoms with E-state index in [-0.39, 0.29) is 0 Å². The van der Waals surface area contributed by atoms with E-state index in [4.69, 9.17) is 5.73 Å². The highest BCUT2D eigenvalue weighted by Gasteiger charge is 2.27. The summed E-state index contributed by atoms with van der Waals surface area (Å²) in [4.78, 5) is 6.71. The van der Waals surface area contributed by atoms with Gasteiger partial charge in [0, 0.05) is 25.3 Å². The SMILES string of the molecule is CCn1cncc1CN(C)C1CCCCC1CN. The fourth-order valence-corrected chi connectivity index (χ4v) is 3.18. The first-order valence-corrected chi connectivity index (χ1v) is 7.15. The van der Waals surface area contributed by atoms with Crippen molar-refractivity contribution in [2.75, 3.05) is 13.6 Å². The Kier molecular flexibility index (Phi) is 4.78. The Morgan fingerprint density at radius 3 is 2.94 bits per heavy atom. The van der Waals surface area contributed by atoms with Gasteiger partial charge in [0.15, 0.2) is 0 Å².